The summed E-state index contributed by atoms with van der Waals surface area (Å²) in [5.74, 6) is 0.485. The molecule has 0 radical (unpaired) electrons. The lowest BCUT2D eigenvalue weighted by Crippen LogP contribution is -2.52. The molecule has 5 nitrogen and oxygen atoms in total. The predicted molar refractivity (Wildman–Crippen MR) is 87.2 cm³/mol. The van der Waals surface area contributed by atoms with E-state index in [-0.39, 0.29) is 23.5 Å². The van der Waals surface area contributed by atoms with E-state index < -0.39 is 0 Å². The minimum atomic E-state index is -0.0781. The molecule has 2 amide bonds. The lowest BCUT2D eigenvalue weighted by atomic mass is 9.88. The van der Waals surface area contributed by atoms with Gasteiger partial charge in [0.15, 0.2) is 0 Å². The van der Waals surface area contributed by atoms with Gasteiger partial charge in [-0.2, -0.15) is 0 Å². The number of aromatic hydroxyl groups is 1. The number of phenols is 1. The first-order valence-electron chi connectivity index (χ1n) is 8.52. The smallest absolute Gasteiger partial charge is 0.254 e. The number of piperazine rings is 1. The summed E-state index contributed by atoms with van der Waals surface area (Å²) in [4.78, 5) is 28.7. The minimum Gasteiger partial charge on any atom is -0.508 e. The number of hydrogen-bond acceptors (Lipinski definition) is 3. The van der Waals surface area contributed by atoms with E-state index in [1.165, 1.54) is 12.5 Å². The summed E-state index contributed by atoms with van der Waals surface area (Å²) in [6, 6.07) is 6.42. The van der Waals surface area contributed by atoms with Crippen LogP contribution in [0, 0.1) is 5.92 Å². The second-order valence-electron chi connectivity index (χ2n) is 6.50. The number of nitrogens with zero attached hydrogens (tertiary/aromatic N) is 2. The van der Waals surface area contributed by atoms with Crippen molar-refractivity contribution < 1.29 is 14.7 Å². The molecule has 0 aromatic heterocycles. The van der Waals surface area contributed by atoms with Gasteiger partial charge in [-0.05, 0) is 31.0 Å². The van der Waals surface area contributed by atoms with Crippen molar-refractivity contribution in [1.29, 1.82) is 0 Å². The molecule has 1 saturated heterocycles. The van der Waals surface area contributed by atoms with Gasteiger partial charge in [0, 0.05) is 37.7 Å². The molecular formula is C18H24N2O3. The largest absolute Gasteiger partial charge is 0.508 e. The highest BCUT2D eigenvalue weighted by Crippen LogP contribution is 2.26. The van der Waals surface area contributed by atoms with Crippen molar-refractivity contribution in [3.8, 4) is 5.75 Å². The Kier molecular flexibility index (Phi) is 4.84. The lowest BCUT2D eigenvalue weighted by Gasteiger charge is -2.37. The average molecular weight is 316 g/mol. The minimum absolute atomic E-state index is 0.0781. The molecule has 1 N–H and O–H groups in total. The number of rotatable bonds is 2. The van der Waals surface area contributed by atoms with E-state index in [2.05, 4.69) is 0 Å². The summed E-state index contributed by atoms with van der Waals surface area (Å²) in [5.41, 5.74) is 0.497. The molecular weight excluding hydrogens is 292 g/mol. The number of amides is 2. The average Bonchev–Trinajstić information content (AvgIpc) is 2.61. The molecule has 1 saturated carbocycles. The standard InChI is InChI=1S/C18H24N2O3/c21-16-8-4-7-15(13-16)18(23)20-11-9-19(10-12-20)17(22)14-5-2-1-3-6-14/h4,7-8,13-14,21H,1-3,5-6,9-12H2. The van der Waals surface area contributed by atoms with Crippen molar-refractivity contribution in [3.63, 3.8) is 0 Å². The van der Waals surface area contributed by atoms with Crippen LogP contribution in [-0.2, 0) is 4.79 Å². The van der Waals surface area contributed by atoms with Crippen LogP contribution in [-0.4, -0.2) is 52.9 Å². The maximum Gasteiger partial charge on any atom is 0.254 e. The molecule has 3 rings (SSSR count). The predicted octanol–water partition coefficient (Wildman–Crippen LogP) is 2.26. The van der Waals surface area contributed by atoms with E-state index in [1.54, 1.807) is 23.1 Å². The molecule has 0 unspecified atom stereocenters. The highest BCUT2D eigenvalue weighted by molar-refractivity contribution is 5.94. The first kappa shape index (κ1) is 15.8. The summed E-state index contributed by atoms with van der Waals surface area (Å²) >= 11 is 0. The topological polar surface area (TPSA) is 60.9 Å². The first-order valence-corrected chi connectivity index (χ1v) is 8.52. The fourth-order valence-corrected chi connectivity index (χ4v) is 3.56. The summed E-state index contributed by atoms with van der Waals surface area (Å²) in [5, 5.41) is 9.50. The quantitative estimate of drug-likeness (QED) is 0.910. The Morgan fingerprint density at radius 1 is 0.957 bits per heavy atom. The molecule has 1 aromatic carbocycles. The number of carbonyl (C=O) groups is 2. The molecule has 124 valence electrons. The van der Waals surface area contributed by atoms with Gasteiger partial charge in [-0.15, -0.1) is 0 Å². The Hall–Kier alpha value is -2.04. The number of phenolic OH excluding ortho intramolecular Hbond substituents is 1. The zero-order chi connectivity index (χ0) is 16.2. The summed E-state index contributed by atoms with van der Waals surface area (Å²) in [7, 11) is 0. The highest BCUT2D eigenvalue weighted by atomic mass is 16.3. The van der Waals surface area contributed by atoms with Gasteiger partial charge in [-0.1, -0.05) is 25.3 Å². The van der Waals surface area contributed by atoms with E-state index in [1.807, 2.05) is 4.90 Å². The van der Waals surface area contributed by atoms with Gasteiger partial charge in [-0.25, -0.2) is 0 Å². The summed E-state index contributed by atoms with van der Waals surface area (Å²) in [6.07, 6.45) is 5.59. The maximum absolute atomic E-state index is 12.5. The molecule has 2 aliphatic rings. The number of carbonyl (C=O) groups excluding carboxylic acids is 2. The van der Waals surface area contributed by atoms with Gasteiger partial charge in [0.2, 0.25) is 5.91 Å². The van der Waals surface area contributed by atoms with Gasteiger partial charge in [0.25, 0.3) is 5.91 Å². The van der Waals surface area contributed by atoms with Crippen LogP contribution in [0.4, 0.5) is 0 Å². The highest BCUT2D eigenvalue weighted by Gasteiger charge is 2.29. The number of hydrogen-bond donors (Lipinski definition) is 1. The molecule has 5 heteroatoms. The van der Waals surface area contributed by atoms with Crippen molar-refractivity contribution >= 4 is 11.8 Å². The third kappa shape index (κ3) is 3.66. The monoisotopic (exact) mass is 316 g/mol. The van der Waals surface area contributed by atoms with Crippen LogP contribution in [0.25, 0.3) is 0 Å². The van der Waals surface area contributed by atoms with Gasteiger partial charge in [0.1, 0.15) is 5.75 Å². The van der Waals surface area contributed by atoms with Crippen LogP contribution < -0.4 is 0 Å². The van der Waals surface area contributed by atoms with E-state index in [9.17, 15) is 14.7 Å². The molecule has 1 aliphatic heterocycles. The van der Waals surface area contributed by atoms with Gasteiger partial charge in [0.05, 0.1) is 0 Å². The third-order valence-corrected chi connectivity index (χ3v) is 4.93. The van der Waals surface area contributed by atoms with Crippen molar-refractivity contribution in [2.24, 2.45) is 5.92 Å². The zero-order valence-electron chi connectivity index (χ0n) is 13.4. The molecule has 0 spiro atoms. The Morgan fingerprint density at radius 3 is 2.26 bits per heavy atom. The van der Waals surface area contributed by atoms with Gasteiger partial charge >= 0.3 is 0 Å². The van der Waals surface area contributed by atoms with Crippen LogP contribution in [0.3, 0.4) is 0 Å². The molecule has 1 heterocycles. The Morgan fingerprint density at radius 2 is 1.61 bits per heavy atom. The van der Waals surface area contributed by atoms with Crippen LogP contribution in [0.2, 0.25) is 0 Å². The molecule has 0 atom stereocenters. The second kappa shape index (κ2) is 7.02. The van der Waals surface area contributed by atoms with Crippen LogP contribution in [0.1, 0.15) is 42.5 Å². The van der Waals surface area contributed by atoms with Crippen LogP contribution in [0.15, 0.2) is 24.3 Å². The summed E-state index contributed by atoms with van der Waals surface area (Å²) < 4.78 is 0. The van der Waals surface area contributed by atoms with E-state index in [0.29, 0.717) is 31.7 Å². The van der Waals surface area contributed by atoms with E-state index >= 15 is 0 Å². The Balaban J connectivity index is 1.55. The molecule has 0 bridgehead atoms. The van der Waals surface area contributed by atoms with Crippen LogP contribution >= 0.6 is 0 Å². The van der Waals surface area contributed by atoms with Crippen molar-refractivity contribution in [1.82, 2.24) is 9.80 Å². The van der Waals surface area contributed by atoms with Crippen molar-refractivity contribution in [2.75, 3.05) is 26.2 Å². The molecule has 23 heavy (non-hydrogen) atoms. The number of benzene rings is 1. The van der Waals surface area contributed by atoms with Crippen molar-refractivity contribution in [2.45, 2.75) is 32.1 Å². The zero-order valence-corrected chi connectivity index (χ0v) is 13.4. The first-order chi connectivity index (χ1) is 11.1. The Labute approximate surface area is 136 Å². The Bertz CT molecular complexity index is 573. The lowest BCUT2D eigenvalue weighted by molar-refractivity contribution is -0.138. The molecule has 1 aromatic rings. The second-order valence-corrected chi connectivity index (χ2v) is 6.50. The van der Waals surface area contributed by atoms with E-state index in [0.717, 1.165) is 25.7 Å². The van der Waals surface area contributed by atoms with Gasteiger partial charge < -0.3 is 14.9 Å². The SMILES string of the molecule is O=C(c1cccc(O)c1)N1CCN(C(=O)C2CCCCC2)CC1. The fraction of sp³-hybridized carbons (Fsp3) is 0.556. The fourth-order valence-electron chi connectivity index (χ4n) is 3.56. The normalized spacial score (nSPS) is 19.7. The molecule has 1 aliphatic carbocycles. The summed E-state index contributed by atoms with van der Waals surface area (Å²) in [6.45, 7) is 2.35. The van der Waals surface area contributed by atoms with Crippen molar-refractivity contribution in [3.05, 3.63) is 29.8 Å². The molecule has 2 fully saturated rings. The van der Waals surface area contributed by atoms with Crippen LogP contribution in [0.5, 0.6) is 5.75 Å². The van der Waals surface area contributed by atoms with Gasteiger partial charge in [-0.3, -0.25) is 9.59 Å². The van der Waals surface area contributed by atoms with E-state index in [4.69, 9.17) is 0 Å². The maximum atomic E-state index is 12.5. The third-order valence-electron chi connectivity index (χ3n) is 4.93.